The first kappa shape index (κ1) is 10.6. The third kappa shape index (κ3) is 1.87. The zero-order valence-electron chi connectivity index (χ0n) is 9.36. The minimum Gasteiger partial charge on any atom is -0.496 e. The van der Waals surface area contributed by atoms with Crippen molar-refractivity contribution >= 4 is 10.8 Å². The lowest BCUT2D eigenvalue weighted by molar-refractivity contribution is 0.419. The molecule has 0 radical (unpaired) electrons. The predicted octanol–water partition coefficient (Wildman–Crippen LogP) is 3.41. The number of benzene rings is 2. The van der Waals surface area contributed by atoms with Gasteiger partial charge in [0, 0.05) is 11.8 Å². The molecule has 0 fully saturated rings. The van der Waals surface area contributed by atoms with E-state index in [2.05, 4.69) is 24.1 Å². The second-order valence-electron chi connectivity index (χ2n) is 3.68. The highest BCUT2D eigenvalue weighted by Crippen LogP contribution is 2.28. The number of methoxy groups -OCH3 is 1. The van der Waals surface area contributed by atoms with E-state index in [1.807, 2.05) is 18.2 Å². The Balaban J connectivity index is 2.56. The normalized spacial score (nSPS) is 10.0. The standard InChI is InChI=1S/C15H14O/c1-3-4-7-12-10-11-15(16-2)14-9-6-5-8-13(12)14/h1,5-6,8-11H,4,7H2,2H3. The van der Waals surface area contributed by atoms with Gasteiger partial charge in [-0.2, -0.15) is 0 Å². The van der Waals surface area contributed by atoms with Crippen molar-refractivity contribution in [1.29, 1.82) is 0 Å². The fraction of sp³-hybridized carbons (Fsp3) is 0.200. The van der Waals surface area contributed by atoms with E-state index in [-0.39, 0.29) is 0 Å². The molecule has 0 aliphatic carbocycles. The molecule has 0 heterocycles. The Morgan fingerprint density at radius 1 is 1.12 bits per heavy atom. The SMILES string of the molecule is C#CCCc1ccc(OC)c2ccccc12. The summed E-state index contributed by atoms with van der Waals surface area (Å²) < 4.78 is 5.35. The van der Waals surface area contributed by atoms with E-state index in [1.54, 1.807) is 7.11 Å². The van der Waals surface area contributed by atoms with Gasteiger partial charge in [0.05, 0.1) is 7.11 Å². The summed E-state index contributed by atoms with van der Waals surface area (Å²) in [5, 5.41) is 2.39. The zero-order chi connectivity index (χ0) is 11.4. The van der Waals surface area contributed by atoms with Crippen LogP contribution in [0, 0.1) is 12.3 Å². The van der Waals surface area contributed by atoms with Gasteiger partial charge >= 0.3 is 0 Å². The van der Waals surface area contributed by atoms with Crippen LogP contribution in [-0.4, -0.2) is 7.11 Å². The Labute approximate surface area is 96.1 Å². The van der Waals surface area contributed by atoms with E-state index in [4.69, 9.17) is 11.2 Å². The zero-order valence-corrected chi connectivity index (χ0v) is 9.36. The summed E-state index contributed by atoms with van der Waals surface area (Å²) >= 11 is 0. The fourth-order valence-electron chi connectivity index (χ4n) is 1.94. The summed E-state index contributed by atoms with van der Waals surface area (Å²) in [4.78, 5) is 0. The number of hydrogen-bond acceptors (Lipinski definition) is 1. The van der Waals surface area contributed by atoms with Gasteiger partial charge < -0.3 is 4.74 Å². The highest BCUT2D eigenvalue weighted by atomic mass is 16.5. The van der Waals surface area contributed by atoms with Gasteiger partial charge in [-0.3, -0.25) is 0 Å². The van der Waals surface area contributed by atoms with Crippen LogP contribution in [0.25, 0.3) is 10.8 Å². The van der Waals surface area contributed by atoms with E-state index in [9.17, 15) is 0 Å². The third-order valence-electron chi connectivity index (χ3n) is 2.73. The molecule has 0 amide bonds. The summed E-state index contributed by atoms with van der Waals surface area (Å²) in [6.45, 7) is 0. The molecule has 0 spiro atoms. The lowest BCUT2D eigenvalue weighted by Gasteiger charge is -2.09. The van der Waals surface area contributed by atoms with Crippen molar-refractivity contribution in [2.24, 2.45) is 0 Å². The Morgan fingerprint density at radius 2 is 1.88 bits per heavy atom. The van der Waals surface area contributed by atoms with Crippen LogP contribution in [-0.2, 0) is 6.42 Å². The molecule has 0 aliphatic heterocycles. The molecule has 0 aromatic heterocycles. The first-order valence-corrected chi connectivity index (χ1v) is 5.35. The number of aryl methyl sites for hydroxylation is 1. The van der Waals surface area contributed by atoms with E-state index in [0.29, 0.717) is 0 Å². The van der Waals surface area contributed by atoms with Gasteiger partial charge in [0.2, 0.25) is 0 Å². The second kappa shape index (κ2) is 4.72. The maximum Gasteiger partial charge on any atom is 0.126 e. The molecule has 0 aliphatic rings. The maximum atomic E-state index is 5.35. The van der Waals surface area contributed by atoms with E-state index >= 15 is 0 Å². The lowest BCUT2D eigenvalue weighted by atomic mass is 10.0. The van der Waals surface area contributed by atoms with Crippen molar-refractivity contribution in [2.75, 3.05) is 7.11 Å². The Kier molecular flexibility index (Phi) is 3.12. The van der Waals surface area contributed by atoms with Crippen LogP contribution in [0.1, 0.15) is 12.0 Å². The van der Waals surface area contributed by atoms with Gasteiger partial charge in [-0.15, -0.1) is 12.3 Å². The van der Waals surface area contributed by atoms with Gasteiger partial charge in [-0.25, -0.2) is 0 Å². The highest BCUT2D eigenvalue weighted by Gasteiger charge is 2.04. The molecule has 0 saturated heterocycles. The topological polar surface area (TPSA) is 9.23 Å². The van der Waals surface area contributed by atoms with Gasteiger partial charge in [-0.1, -0.05) is 30.3 Å². The number of terminal acetylenes is 1. The van der Waals surface area contributed by atoms with Crippen molar-refractivity contribution in [3.8, 4) is 18.1 Å². The number of ether oxygens (including phenoxy) is 1. The molecule has 2 rings (SSSR count). The summed E-state index contributed by atoms with van der Waals surface area (Å²) in [5.74, 6) is 3.59. The molecular formula is C15H14O. The van der Waals surface area contributed by atoms with Crippen molar-refractivity contribution in [2.45, 2.75) is 12.8 Å². The number of hydrogen-bond donors (Lipinski definition) is 0. The molecule has 16 heavy (non-hydrogen) atoms. The van der Waals surface area contributed by atoms with Crippen LogP contribution in [0.3, 0.4) is 0 Å². The Bertz CT molecular complexity index is 535. The monoisotopic (exact) mass is 210 g/mol. The smallest absolute Gasteiger partial charge is 0.126 e. The summed E-state index contributed by atoms with van der Waals surface area (Å²) in [7, 11) is 1.70. The first-order valence-electron chi connectivity index (χ1n) is 5.35. The van der Waals surface area contributed by atoms with Crippen LogP contribution < -0.4 is 4.74 Å². The predicted molar refractivity (Wildman–Crippen MR) is 67.7 cm³/mol. The molecule has 1 nitrogen and oxygen atoms in total. The molecular weight excluding hydrogens is 196 g/mol. The molecule has 1 heteroatoms. The molecule has 0 saturated carbocycles. The van der Waals surface area contributed by atoms with Crippen LogP contribution in [0.2, 0.25) is 0 Å². The largest absolute Gasteiger partial charge is 0.496 e. The van der Waals surface area contributed by atoms with Crippen molar-refractivity contribution in [3.05, 3.63) is 42.0 Å². The lowest BCUT2D eigenvalue weighted by Crippen LogP contribution is -1.90. The maximum absolute atomic E-state index is 5.35. The van der Waals surface area contributed by atoms with E-state index < -0.39 is 0 Å². The summed E-state index contributed by atoms with van der Waals surface area (Å²) in [6.07, 6.45) is 6.99. The molecule has 0 N–H and O–H groups in total. The van der Waals surface area contributed by atoms with Gasteiger partial charge in [0.25, 0.3) is 0 Å². The molecule has 0 unspecified atom stereocenters. The fourth-order valence-corrected chi connectivity index (χ4v) is 1.94. The van der Waals surface area contributed by atoms with Crippen molar-refractivity contribution in [3.63, 3.8) is 0 Å². The number of fused-ring (bicyclic) bond motifs is 1. The quantitative estimate of drug-likeness (QED) is 0.705. The van der Waals surface area contributed by atoms with Gasteiger partial charge in [0.15, 0.2) is 0 Å². The molecule has 2 aromatic rings. The molecule has 0 bridgehead atoms. The minimum atomic E-state index is 0.774. The van der Waals surface area contributed by atoms with E-state index in [1.165, 1.54) is 10.9 Å². The Morgan fingerprint density at radius 3 is 2.56 bits per heavy atom. The van der Waals surface area contributed by atoms with Crippen LogP contribution in [0.4, 0.5) is 0 Å². The molecule has 0 atom stereocenters. The van der Waals surface area contributed by atoms with Crippen molar-refractivity contribution in [1.82, 2.24) is 0 Å². The average Bonchev–Trinajstić information content (AvgIpc) is 2.36. The van der Waals surface area contributed by atoms with Crippen LogP contribution >= 0.6 is 0 Å². The number of rotatable bonds is 3. The highest BCUT2D eigenvalue weighted by molar-refractivity contribution is 5.91. The first-order chi connectivity index (χ1) is 7.86. The second-order valence-corrected chi connectivity index (χ2v) is 3.68. The van der Waals surface area contributed by atoms with Crippen LogP contribution in [0.15, 0.2) is 36.4 Å². The van der Waals surface area contributed by atoms with E-state index in [0.717, 1.165) is 24.0 Å². The minimum absolute atomic E-state index is 0.774. The van der Waals surface area contributed by atoms with Crippen LogP contribution in [0.5, 0.6) is 5.75 Å². The van der Waals surface area contributed by atoms with Gasteiger partial charge in [-0.05, 0) is 23.4 Å². The van der Waals surface area contributed by atoms with Gasteiger partial charge in [0.1, 0.15) is 5.75 Å². The Hall–Kier alpha value is -1.94. The molecule has 2 aromatic carbocycles. The average molecular weight is 210 g/mol. The summed E-state index contributed by atoms with van der Waals surface area (Å²) in [5.41, 5.74) is 1.29. The third-order valence-corrected chi connectivity index (χ3v) is 2.73. The molecule has 80 valence electrons. The summed E-state index contributed by atoms with van der Waals surface area (Å²) in [6, 6.07) is 12.4. The van der Waals surface area contributed by atoms with Crippen molar-refractivity contribution < 1.29 is 4.74 Å².